The van der Waals surface area contributed by atoms with E-state index in [1.54, 1.807) is 80.6 Å². The van der Waals surface area contributed by atoms with E-state index in [0.29, 0.717) is 44.5 Å². The van der Waals surface area contributed by atoms with Gasteiger partial charge in [-0.3, -0.25) is 33.7 Å². The lowest BCUT2D eigenvalue weighted by Crippen LogP contribution is -2.54. The number of anilines is 1. The van der Waals surface area contributed by atoms with Crippen LogP contribution >= 0.6 is 0 Å². The number of primary amides is 1. The minimum Gasteiger partial charge on any atom is -0.443 e. The van der Waals surface area contributed by atoms with Crippen LogP contribution < -0.4 is 27.0 Å². The number of amides is 7. The summed E-state index contributed by atoms with van der Waals surface area (Å²) in [6.45, 7) is 9.00. The first-order valence-corrected chi connectivity index (χ1v) is 23.6. The summed E-state index contributed by atoms with van der Waals surface area (Å²) in [5.74, 6) is -2.48. The predicted molar refractivity (Wildman–Crippen MR) is 256 cm³/mol. The van der Waals surface area contributed by atoms with Gasteiger partial charge in [-0.2, -0.15) is 9.78 Å². The smallest absolute Gasteiger partial charge is 0.435 e. The number of ketones is 1. The number of fused-ring (bicyclic) bond motifs is 2. The van der Waals surface area contributed by atoms with Crippen LogP contribution in [0.2, 0.25) is 0 Å². The van der Waals surface area contributed by atoms with E-state index in [1.807, 2.05) is 13.8 Å². The Morgan fingerprint density at radius 1 is 0.800 bits per heavy atom. The highest BCUT2D eigenvalue weighted by molar-refractivity contribution is 6.25. The topological polar surface area (TPSA) is 269 Å². The minimum absolute atomic E-state index is 0.0392. The van der Waals surface area contributed by atoms with Crippen molar-refractivity contribution in [1.82, 2.24) is 30.6 Å². The van der Waals surface area contributed by atoms with E-state index in [2.05, 4.69) is 26.4 Å². The lowest BCUT2D eigenvalue weighted by Gasteiger charge is -2.25. The fourth-order valence-corrected chi connectivity index (χ4v) is 8.20. The summed E-state index contributed by atoms with van der Waals surface area (Å²) in [7, 11) is 0. The molecule has 6 N–H and O–H groups in total. The summed E-state index contributed by atoms with van der Waals surface area (Å²) >= 11 is 0. The molecule has 0 saturated carbocycles. The predicted octanol–water partition coefficient (Wildman–Crippen LogP) is 4.31. The second-order valence-electron chi connectivity index (χ2n) is 17.5. The molecule has 2 heterocycles. The molecule has 1 aliphatic heterocycles. The largest absolute Gasteiger partial charge is 0.443 e. The average Bonchev–Trinajstić information content (AvgIpc) is 3.88. The molecular formula is C50H62N8O12. The molecule has 1 fully saturated rings. The third kappa shape index (κ3) is 13.4. The first kappa shape index (κ1) is 52.3. The van der Waals surface area contributed by atoms with E-state index in [1.165, 1.54) is 4.90 Å². The third-order valence-corrected chi connectivity index (χ3v) is 12.3. The van der Waals surface area contributed by atoms with E-state index >= 15 is 0 Å². The van der Waals surface area contributed by atoms with Crippen LogP contribution in [0.15, 0.2) is 66.7 Å². The Morgan fingerprint density at radius 2 is 1.47 bits per heavy atom. The lowest BCUT2D eigenvalue weighted by molar-refractivity contribution is -0.140. The number of likely N-dealkylation sites (tertiary alicyclic amines) is 1. The minimum atomic E-state index is -1.07. The Bertz CT molecular complexity index is 2540. The Hall–Kier alpha value is -7.03. The SMILES string of the molecule is CCC(C)C1CC(=O)N(CCOCCOCCOCCC(=O)NC(C(=O)N[C@@H](CCCNC(N)=O)C(=O)Nc2ccc(COC(=O)n3nc4c5c(cccc53)C(=O)c3ccccc3-4)cc2)C(C)C)C1=O. The van der Waals surface area contributed by atoms with Gasteiger partial charge in [0.1, 0.15) is 24.4 Å². The first-order chi connectivity index (χ1) is 33.7. The number of rotatable bonds is 26. The van der Waals surface area contributed by atoms with Gasteiger partial charge in [-0.1, -0.05) is 82.6 Å². The Kier molecular flexibility index (Phi) is 18.7. The molecule has 1 saturated heterocycles. The molecule has 3 unspecified atom stereocenters. The molecule has 7 amide bonds. The zero-order chi connectivity index (χ0) is 50.3. The van der Waals surface area contributed by atoms with Crippen molar-refractivity contribution in [1.29, 1.82) is 0 Å². The summed E-state index contributed by atoms with van der Waals surface area (Å²) in [4.78, 5) is 104. The number of carbonyl (C=O) groups excluding carboxylic acids is 8. The van der Waals surface area contributed by atoms with Crippen molar-refractivity contribution in [3.05, 3.63) is 83.4 Å². The Morgan fingerprint density at radius 3 is 2.16 bits per heavy atom. The van der Waals surface area contributed by atoms with Gasteiger partial charge in [0.05, 0.1) is 51.7 Å². The van der Waals surface area contributed by atoms with Crippen LogP contribution in [-0.2, 0) is 49.5 Å². The number of hydrogen-bond acceptors (Lipinski definition) is 13. The van der Waals surface area contributed by atoms with Gasteiger partial charge in [0.25, 0.3) is 0 Å². The molecule has 374 valence electrons. The summed E-state index contributed by atoms with van der Waals surface area (Å²) < 4.78 is 23.4. The number of nitrogens with two attached hydrogens (primary N) is 1. The fourth-order valence-electron chi connectivity index (χ4n) is 8.20. The summed E-state index contributed by atoms with van der Waals surface area (Å²) in [5.41, 5.74) is 8.76. The Balaban J connectivity index is 0.925. The molecule has 2 aliphatic rings. The highest BCUT2D eigenvalue weighted by Gasteiger charge is 2.40. The number of nitrogens with zero attached hydrogens (tertiary/aromatic N) is 3. The standard InChI is InChI=1S/C50H62N8O12/c1-5-31(4)37-28-41(60)57(48(37)64)21-23-68-25-27-69-26-24-67-22-19-40(59)55-43(30(2)3)47(63)54-38(13-9-20-52-49(51)65)46(62)53-33-17-15-32(16-18-33)29-70-50(66)58-39-14-8-12-36-42(39)44(56-58)34-10-6-7-11-35(34)45(36)61/h6-8,10-12,14-18,30-31,37-38,43H,5,9,13,19-29H2,1-4H3,(H,53,62)(H,54,63)(H,55,59)(H3,51,52,65)/t31?,37?,38-,43?/m0/s1. The number of hydrogen-bond donors (Lipinski definition) is 5. The van der Waals surface area contributed by atoms with Gasteiger partial charge < -0.3 is 45.9 Å². The number of benzene rings is 3. The van der Waals surface area contributed by atoms with Gasteiger partial charge in [-0.05, 0) is 48.4 Å². The molecule has 0 bridgehead atoms. The van der Waals surface area contributed by atoms with E-state index < -0.39 is 41.9 Å². The number of nitrogens with one attached hydrogen (secondary N) is 4. The first-order valence-electron chi connectivity index (χ1n) is 23.6. The molecule has 3 aromatic carbocycles. The molecule has 20 heteroatoms. The van der Waals surface area contributed by atoms with E-state index in [9.17, 15) is 38.4 Å². The van der Waals surface area contributed by atoms with Crippen molar-refractivity contribution in [2.75, 3.05) is 58.0 Å². The van der Waals surface area contributed by atoms with Crippen molar-refractivity contribution in [3.63, 3.8) is 0 Å². The summed E-state index contributed by atoms with van der Waals surface area (Å²) in [6.07, 6.45) is 0.708. The molecule has 20 nitrogen and oxygen atoms in total. The maximum atomic E-state index is 13.6. The zero-order valence-corrected chi connectivity index (χ0v) is 40.0. The van der Waals surface area contributed by atoms with E-state index in [-0.39, 0.29) is 120 Å². The van der Waals surface area contributed by atoms with Gasteiger partial charge in [0, 0.05) is 53.1 Å². The number of urea groups is 1. The molecule has 0 radical (unpaired) electrons. The van der Waals surface area contributed by atoms with Crippen molar-refractivity contribution in [2.45, 2.75) is 78.5 Å². The molecule has 4 atom stereocenters. The van der Waals surface area contributed by atoms with Gasteiger partial charge in [-0.25, -0.2) is 9.59 Å². The lowest BCUT2D eigenvalue weighted by atomic mass is 9.87. The van der Waals surface area contributed by atoms with Crippen molar-refractivity contribution in [2.24, 2.45) is 23.5 Å². The molecule has 70 heavy (non-hydrogen) atoms. The molecule has 1 aliphatic carbocycles. The quantitative estimate of drug-likeness (QED) is 0.0383. The van der Waals surface area contributed by atoms with Crippen LogP contribution in [0.5, 0.6) is 0 Å². The summed E-state index contributed by atoms with van der Waals surface area (Å²) in [6, 6.07) is 16.0. The van der Waals surface area contributed by atoms with E-state index in [4.69, 9.17) is 24.7 Å². The molecular weight excluding hydrogens is 905 g/mol. The second-order valence-corrected chi connectivity index (χ2v) is 17.5. The monoisotopic (exact) mass is 966 g/mol. The van der Waals surface area contributed by atoms with Crippen LogP contribution in [0.3, 0.4) is 0 Å². The zero-order valence-electron chi connectivity index (χ0n) is 40.0. The third-order valence-electron chi connectivity index (χ3n) is 12.3. The van der Waals surface area contributed by atoms with Crippen LogP contribution in [-0.4, -0.2) is 127 Å². The van der Waals surface area contributed by atoms with E-state index in [0.717, 1.165) is 11.1 Å². The normalized spacial score (nSPS) is 15.4. The van der Waals surface area contributed by atoms with Crippen LogP contribution in [0.25, 0.3) is 22.2 Å². The molecule has 6 rings (SSSR count). The molecule has 4 aromatic rings. The van der Waals surface area contributed by atoms with Crippen LogP contribution in [0, 0.1) is 17.8 Å². The maximum Gasteiger partial charge on any atom is 0.435 e. The van der Waals surface area contributed by atoms with Crippen LogP contribution in [0.4, 0.5) is 15.3 Å². The molecule has 0 spiro atoms. The summed E-state index contributed by atoms with van der Waals surface area (Å²) in [5, 5.41) is 15.9. The average molecular weight is 967 g/mol. The highest BCUT2D eigenvalue weighted by Crippen LogP contribution is 2.39. The highest BCUT2D eigenvalue weighted by atomic mass is 16.6. The van der Waals surface area contributed by atoms with Gasteiger partial charge in [0.2, 0.25) is 29.5 Å². The fraction of sp³-hybridized carbons (Fsp3) is 0.460. The number of ether oxygens (including phenoxy) is 4. The van der Waals surface area contributed by atoms with Gasteiger partial charge in [-0.15, -0.1) is 0 Å². The van der Waals surface area contributed by atoms with Crippen molar-refractivity contribution in [3.8, 4) is 11.3 Å². The molecule has 1 aromatic heterocycles. The number of aromatic nitrogens is 2. The van der Waals surface area contributed by atoms with Gasteiger partial charge in [0.15, 0.2) is 5.78 Å². The maximum absolute atomic E-state index is 13.6. The Labute approximate surface area is 405 Å². The van der Waals surface area contributed by atoms with Gasteiger partial charge >= 0.3 is 12.1 Å². The second kappa shape index (κ2) is 25.0. The van der Waals surface area contributed by atoms with Crippen molar-refractivity contribution >= 4 is 64.0 Å². The van der Waals surface area contributed by atoms with Crippen molar-refractivity contribution < 1.29 is 57.3 Å². The number of imide groups is 1. The number of carbonyl (C=O) groups is 8. The van der Waals surface area contributed by atoms with Crippen LogP contribution in [0.1, 0.15) is 81.3 Å².